The number of pyridine rings is 1. The van der Waals surface area contributed by atoms with Gasteiger partial charge in [0.05, 0.1) is 17.8 Å². The lowest BCUT2D eigenvalue weighted by Gasteiger charge is -2.20. The second-order valence-corrected chi connectivity index (χ2v) is 18.1. The van der Waals surface area contributed by atoms with Crippen LogP contribution in [0.1, 0.15) is 104 Å². The zero-order valence-electron chi connectivity index (χ0n) is 37.5. The number of unbranched alkanes of at least 4 members (excludes halogenated alkanes) is 3. The first kappa shape index (κ1) is 51.3. The van der Waals surface area contributed by atoms with Crippen LogP contribution in [-0.4, -0.2) is 71.0 Å². The number of nitrogens with two attached hydrogens (primary N) is 1. The number of carbonyl (C=O) groups excluding carboxylic acids is 4. The van der Waals surface area contributed by atoms with Crippen molar-refractivity contribution >= 4 is 58.9 Å². The standard InChI is InChI=1S/C47H55ClN6O10S/c1-46(2,3)63-39(57)15-10-8-9-14-38(56)62-35(28-60-37(55)13-11-12-24-52-45(58)64-47(4,5)6)27-59-34-22-18-30(19-23-34)40-36(25-49)44(54-42(50)41(40)51-7)65-29-33-26-61-43(53-33)31-16-20-32(48)21-17-31/h16-23,26,35H,8-15,24,27-29H2,1-6H3,(H2,50,54)(H,52,58)/t35-/m0/s1. The summed E-state index contributed by atoms with van der Waals surface area (Å²) in [5.74, 6) is -0.325. The molecule has 2 heterocycles. The minimum Gasteiger partial charge on any atom is -0.490 e. The number of nitrogen functional groups attached to an aromatic ring is 1. The minimum absolute atomic E-state index is 0.0176. The zero-order chi connectivity index (χ0) is 47.6. The number of hydrogen-bond acceptors (Lipinski definition) is 15. The predicted molar refractivity (Wildman–Crippen MR) is 245 cm³/mol. The maximum atomic E-state index is 12.9. The van der Waals surface area contributed by atoms with Crippen LogP contribution in [0.25, 0.3) is 27.4 Å². The van der Waals surface area contributed by atoms with Gasteiger partial charge < -0.3 is 39.2 Å². The van der Waals surface area contributed by atoms with Gasteiger partial charge in [0.2, 0.25) is 11.6 Å². The molecule has 0 unspecified atom stereocenters. The number of nitrogens with one attached hydrogen (secondary N) is 1. The van der Waals surface area contributed by atoms with Crippen LogP contribution in [-0.2, 0) is 39.1 Å². The number of anilines is 1. The smallest absolute Gasteiger partial charge is 0.407 e. The number of hydrogen-bond donors (Lipinski definition) is 2. The summed E-state index contributed by atoms with van der Waals surface area (Å²) in [7, 11) is 0. The second-order valence-electron chi connectivity index (χ2n) is 16.7. The minimum atomic E-state index is -0.966. The number of carbonyl (C=O) groups is 4. The van der Waals surface area contributed by atoms with Crippen LogP contribution in [0, 0.1) is 17.9 Å². The summed E-state index contributed by atoms with van der Waals surface area (Å²) in [5.41, 5.74) is 7.40. The van der Waals surface area contributed by atoms with Gasteiger partial charge in [-0.25, -0.2) is 19.6 Å². The number of nitriles is 1. The summed E-state index contributed by atoms with van der Waals surface area (Å²) >= 11 is 7.23. The molecule has 2 aromatic heterocycles. The number of amides is 1. The molecule has 0 saturated carbocycles. The molecule has 4 rings (SSSR count). The Bertz CT molecular complexity index is 2330. The van der Waals surface area contributed by atoms with Crippen LogP contribution >= 0.6 is 23.4 Å². The van der Waals surface area contributed by atoms with Gasteiger partial charge in [-0.1, -0.05) is 41.9 Å². The summed E-state index contributed by atoms with van der Waals surface area (Å²) in [5, 5.41) is 13.9. The van der Waals surface area contributed by atoms with Crippen molar-refractivity contribution in [3.63, 3.8) is 0 Å². The third-order valence-electron chi connectivity index (χ3n) is 8.85. The maximum absolute atomic E-state index is 12.9. The number of rotatable bonds is 22. The Labute approximate surface area is 388 Å². The monoisotopic (exact) mass is 930 g/mol. The highest BCUT2D eigenvalue weighted by atomic mass is 35.5. The number of nitrogens with zero attached hydrogens (tertiary/aromatic N) is 4. The normalized spacial score (nSPS) is 11.7. The van der Waals surface area contributed by atoms with Crippen LogP contribution in [0.2, 0.25) is 5.02 Å². The molecule has 0 aliphatic carbocycles. The highest BCUT2D eigenvalue weighted by Crippen LogP contribution is 2.42. The van der Waals surface area contributed by atoms with Gasteiger partial charge in [-0.3, -0.25) is 14.4 Å². The van der Waals surface area contributed by atoms with Gasteiger partial charge in [-0.2, -0.15) is 5.26 Å². The number of oxazole rings is 1. The Morgan fingerprint density at radius 2 is 1.49 bits per heavy atom. The molecule has 18 heteroatoms. The van der Waals surface area contributed by atoms with E-state index < -0.39 is 35.3 Å². The first-order chi connectivity index (χ1) is 30.8. The third kappa shape index (κ3) is 18.0. The number of aromatic nitrogens is 2. The molecule has 65 heavy (non-hydrogen) atoms. The van der Waals surface area contributed by atoms with E-state index in [1.54, 1.807) is 90.1 Å². The first-order valence-corrected chi connectivity index (χ1v) is 22.4. The molecule has 4 aromatic rings. The van der Waals surface area contributed by atoms with E-state index in [0.29, 0.717) is 82.9 Å². The van der Waals surface area contributed by atoms with E-state index in [1.165, 1.54) is 18.0 Å². The quantitative estimate of drug-likeness (QED) is 0.0246. The lowest BCUT2D eigenvalue weighted by Crippen LogP contribution is -2.33. The van der Waals surface area contributed by atoms with Gasteiger partial charge in [0.15, 0.2) is 6.10 Å². The first-order valence-electron chi connectivity index (χ1n) is 21.0. The molecule has 1 amide bonds. The molecule has 0 radical (unpaired) electrons. The SMILES string of the molecule is [C-]#[N+]c1c(N)nc(SCc2coc(-c3ccc(Cl)cc3)n2)c(C#N)c1-c1ccc(OC[C@@H](COC(=O)CCCCNC(=O)OC(C)(C)C)OC(=O)CCCCCC(=O)OC(C)(C)C)cc1. The molecule has 0 bridgehead atoms. The summed E-state index contributed by atoms with van der Waals surface area (Å²) < 4.78 is 33.4. The third-order valence-corrected chi connectivity index (χ3v) is 10.1. The van der Waals surface area contributed by atoms with Crippen molar-refractivity contribution in [2.45, 2.75) is 121 Å². The van der Waals surface area contributed by atoms with Gasteiger partial charge in [-0.05, 0) is 109 Å². The number of thioether (sulfide) groups is 1. The van der Waals surface area contributed by atoms with Crippen molar-refractivity contribution in [1.82, 2.24) is 15.3 Å². The van der Waals surface area contributed by atoms with Gasteiger partial charge in [0, 0.05) is 47.7 Å². The average Bonchev–Trinajstić information content (AvgIpc) is 3.71. The van der Waals surface area contributed by atoms with Gasteiger partial charge in [0.25, 0.3) is 0 Å². The van der Waals surface area contributed by atoms with E-state index in [1.807, 2.05) is 0 Å². The van der Waals surface area contributed by atoms with Crippen LogP contribution in [0.15, 0.2) is 64.2 Å². The molecule has 0 spiro atoms. The van der Waals surface area contributed by atoms with Crippen molar-refractivity contribution in [3.8, 4) is 34.4 Å². The van der Waals surface area contributed by atoms with E-state index in [0.717, 1.165) is 5.56 Å². The van der Waals surface area contributed by atoms with E-state index in [9.17, 15) is 24.4 Å². The van der Waals surface area contributed by atoms with E-state index in [2.05, 4.69) is 26.2 Å². The van der Waals surface area contributed by atoms with Gasteiger partial charge in [0.1, 0.15) is 53.3 Å². The van der Waals surface area contributed by atoms with Crippen molar-refractivity contribution in [1.29, 1.82) is 5.26 Å². The van der Waals surface area contributed by atoms with E-state index >= 15 is 0 Å². The maximum Gasteiger partial charge on any atom is 0.407 e. The number of halogens is 1. The van der Waals surface area contributed by atoms with Crippen molar-refractivity contribution in [3.05, 3.63) is 82.5 Å². The van der Waals surface area contributed by atoms with Crippen LogP contribution < -0.4 is 15.8 Å². The van der Waals surface area contributed by atoms with Crippen molar-refractivity contribution in [2.75, 3.05) is 25.5 Å². The number of alkyl carbamates (subject to hydrolysis) is 1. The highest BCUT2D eigenvalue weighted by molar-refractivity contribution is 7.98. The summed E-state index contributed by atoms with van der Waals surface area (Å²) in [6.45, 7) is 18.4. The Kier molecular flexibility index (Phi) is 19.5. The molecule has 1 atom stereocenters. The largest absolute Gasteiger partial charge is 0.490 e. The molecule has 3 N–H and O–H groups in total. The molecule has 16 nitrogen and oxygen atoms in total. The lowest BCUT2D eigenvalue weighted by molar-refractivity contribution is -0.161. The molecular formula is C47H55ClN6O10S. The highest BCUT2D eigenvalue weighted by Gasteiger charge is 2.23. The molecular weight excluding hydrogens is 876 g/mol. The van der Waals surface area contributed by atoms with Crippen LogP contribution in [0.4, 0.5) is 16.3 Å². The number of esters is 3. The molecule has 0 saturated heterocycles. The molecule has 0 aliphatic heterocycles. The van der Waals surface area contributed by atoms with E-state index in [4.69, 9.17) is 52.0 Å². The fourth-order valence-corrected chi connectivity index (χ4v) is 6.95. The Balaban J connectivity index is 1.39. The Hall–Kier alpha value is -6.30. The van der Waals surface area contributed by atoms with Crippen LogP contribution in [0.5, 0.6) is 5.75 Å². The van der Waals surface area contributed by atoms with E-state index in [-0.39, 0.29) is 55.5 Å². The van der Waals surface area contributed by atoms with Gasteiger partial charge >= 0.3 is 24.0 Å². The van der Waals surface area contributed by atoms with Crippen LogP contribution in [0.3, 0.4) is 0 Å². The van der Waals surface area contributed by atoms with Crippen molar-refractivity contribution < 1.29 is 47.3 Å². The topological polar surface area (TPSA) is 220 Å². The van der Waals surface area contributed by atoms with Crippen molar-refractivity contribution in [2.24, 2.45) is 0 Å². The van der Waals surface area contributed by atoms with Gasteiger partial charge in [-0.15, -0.1) is 0 Å². The fourth-order valence-electron chi connectivity index (χ4n) is 5.95. The molecule has 0 fully saturated rings. The lowest BCUT2D eigenvalue weighted by atomic mass is 10.00. The number of benzene rings is 2. The molecule has 0 aliphatic rings. The summed E-state index contributed by atoms with van der Waals surface area (Å²) in [6.07, 6.45) is 2.94. The zero-order valence-corrected chi connectivity index (χ0v) is 39.1. The number of ether oxygens (including phenoxy) is 5. The summed E-state index contributed by atoms with van der Waals surface area (Å²) in [4.78, 5) is 62.0. The predicted octanol–water partition coefficient (Wildman–Crippen LogP) is 10.2. The summed E-state index contributed by atoms with van der Waals surface area (Å²) in [6, 6.07) is 15.8. The fraction of sp³-hybridized carbons (Fsp3) is 0.447. The Morgan fingerprint density at radius 3 is 2.14 bits per heavy atom. The molecule has 2 aromatic carbocycles. The second kappa shape index (κ2) is 24.7. The molecule has 346 valence electrons. The average molecular weight is 932 g/mol. The Morgan fingerprint density at radius 1 is 0.862 bits per heavy atom.